The van der Waals surface area contributed by atoms with Gasteiger partial charge in [-0.25, -0.2) is 5.43 Å². The minimum Gasteiger partial charge on any atom is -0.494 e. The number of nitrogens with zero attached hydrogens (tertiary/aromatic N) is 1. The molecule has 6 heteroatoms. The van der Waals surface area contributed by atoms with E-state index >= 15 is 0 Å². The van der Waals surface area contributed by atoms with Crippen LogP contribution in [0.5, 0.6) is 17.2 Å². The number of amides is 1. The Hall–Kier alpha value is -3.02. The van der Waals surface area contributed by atoms with Crippen molar-refractivity contribution in [1.29, 1.82) is 0 Å². The average Bonchev–Trinajstić information content (AvgIpc) is 2.63. The molecule has 26 heavy (non-hydrogen) atoms. The number of ether oxygens (including phenoxy) is 3. The molecule has 2 aromatic carbocycles. The van der Waals surface area contributed by atoms with Crippen LogP contribution in [0.1, 0.15) is 36.7 Å². The molecule has 0 radical (unpaired) electrons. The van der Waals surface area contributed by atoms with Crippen molar-refractivity contribution in [2.75, 3.05) is 13.7 Å². The summed E-state index contributed by atoms with van der Waals surface area (Å²) in [5.41, 5.74) is 3.79. The van der Waals surface area contributed by atoms with E-state index in [4.69, 9.17) is 14.2 Å². The van der Waals surface area contributed by atoms with E-state index in [9.17, 15) is 4.79 Å². The SMILES string of the molecule is CCOc1ccc(C(=O)N/N=C\c2ccc(OC(C)C)c(OC)c2)cc1. The Bertz CT molecular complexity index is 755. The predicted octanol–water partition coefficient (Wildman–Crippen LogP) is 3.65. The van der Waals surface area contributed by atoms with Crippen LogP contribution in [0, 0.1) is 0 Å². The fourth-order valence-electron chi connectivity index (χ4n) is 2.21. The second kappa shape index (κ2) is 9.46. The summed E-state index contributed by atoms with van der Waals surface area (Å²) >= 11 is 0. The van der Waals surface area contributed by atoms with Gasteiger partial charge in [0.2, 0.25) is 0 Å². The highest BCUT2D eigenvalue weighted by atomic mass is 16.5. The molecule has 138 valence electrons. The largest absolute Gasteiger partial charge is 0.494 e. The molecule has 1 amide bonds. The first-order chi connectivity index (χ1) is 12.5. The summed E-state index contributed by atoms with van der Waals surface area (Å²) in [5, 5.41) is 3.99. The van der Waals surface area contributed by atoms with E-state index in [0.717, 1.165) is 11.3 Å². The van der Waals surface area contributed by atoms with E-state index in [0.29, 0.717) is 23.7 Å². The lowest BCUT2D eigenvalue weighted by Crippen LogP contribution is -2.17. The summed E-state index contributed by atoms with van der Waals surface area (Å²) in [4.78, 5) is 12.1. The molecule has 6 nitrogen and oxygen atoms in total. The van der Waals surface area contributed by atoms with Gasteiger partial charge in [-0.1, -0.05) is 0 Å². The van der Waals surface area contributed by atoms with Gasteiger partial charge in [0.25, 0.3) is 5.91 Å². The average molecular weight is 356 g/mol. The lowest BCUT2D eigenvalue weighted by Gasteiger charge is -2.13. The third kappa shape index (κ3) is 5.51. The number of hydrogen-bond donors (Lipinski definition) is 1. The van der Waals surface area contributed by atoms with Gasteiger partial charge in [0.1, 0.15) is 5.75 Å². The van der Waals surface area contributed by atoms with Crippen molar-refractivity contribution < 1.29 is 19.0 Å². The molecule has 0 heterocycles. The van der Waals surface area contributed by atoms with Crippen LogP contribution in [0.15, 0.2) is 47.6 Å². The second-order valence-corrected chi connectivity index (χ2v) is 5.73. The van der Waals surface area contributed by atoms with Crippen LogP contribution in [0.3, 0.4) is 0 Å². The molecule has 0 aromatic heterocycles. The van der Waals surface area contributed by atoms with Crippen LogP contribution < -0.4 is 19.6 Å². The molecule has 0 bridgehead atoms. The molecule has 2 aromatic rings. The van der Waals surface area contributed by atoms with Gasteiger partial charge in [0, 0.05) is 5.56 Å². The summed E-state index contributed by atoms with van der Waals surface area (Å²) < 4.78 is 16.3. The molecule has 0 unspecified atom stereocenters. The van der Waals surface area contributed by atoms with Crippen molar-refractivity contribution in [1.82, 2.24) is 5.43 Å². The molecular formula is C20H24N2O4. The Morgan fingerprint density at radius 1 is 1.15 bits per heavy atom. The van der Waals surface area contributed by atoms with E-state index in [-0.39, 0.29) is 12.0 Å². The van der Waals surface area contributed by atoms with Gasteiger partial charge >= 0.3 is 0 Å². The topological polar surface area (TPSA) is 69.2 Å². The van der Waals surface area contributed by atoms with E-state index in [1.54, 1.807) is 43.7 Å². The number of nitrogens with one attached hydrogen (secondary N) is 1. The zero-order valence-electron chi connectivity index (χ0n) is 15.5. The first kappa shape index (κ1) is 19.3. The Labute approximate surface area is 153 Å². The van der Waals surface area contributed by atoms with Crippen molar-refractivity contribution in [3.8, 4) is 17.2 Å². The summed E-state index contributed by atoms with van der Waals surface area (Å²) in [7, 11) is 1.58. The highest BCUT2D eigenvalue weighted by Crippen LogP contribution is 2.28. The first-order valence-electron chi connectivity index (χ1n) is 8.44. The van der Waals surface area contributed by atoms with Crippen LogP contribution >= 0.6 is 0 Å². The Morgan fingerprint density at radius 2 is 1.88 bits per heavy atom. The monoisotopic (exact) mass is 356 g/mol. The van der Waals surface area contributed by atoms with Crippen LogP contribution in [-0.2, 0) is 0 Å². The normalized spacial score (nSPS) is 10.8. The number of carbonyl (C=O) groups excluding carboxylic acids is 1. The lowest BCUT2D eigenvalue weighted by molar-refractivity contribution is 0.0955. The van der Waals surface area contributed by atoms with Crippen LogP contribution in [0.2, 0.25) is 0 Å². The van der Waals surface area contributed by atoms with Crippen molar-refractivity contribution in [3.63, 3.8) is 0 Å². The zero-order chi connectivity index (χ0) is 18.9. The molecule has 0 atom stereocenters. The summed E-state index contributed by atoms with van der Waals surface area (Å²) in [5.74, 6) is 1.71. The van der Waals surface area contributed by atoms with E-state index < -0.39 is 0 Å². The van der Waals surface area contributed by atoms with Gasteiger partial charge in [-0.05, 0) is 68.8 Å². The first-order valence-corrected chi connectivity index (χ1v) is 8.44. The van der Waals surface area contributed by atoms with Crippen LogP contribution in [0.25, 0.3) is 0 Å². The fourth-order valence-corrected chi connectivity index (χ4v) is 2.21. The number of rotatable bonds is 8. The van der Waals surface area contributed by atoms with Crippen molar-refractivity contribution in [2.45, 2.75) is 26.9 Å². The Balaban J connectivity index is 1.99. The van der Waals surface area contributed by atoms with Crippen LogP contribution in [-0.4, -0.2) is 31.9 Å². The zero-order valence-corrected chi connectivity index (χ0v) is 15.5. The Morgan fingerprint density at radius 3 is 2.50 bits per heavy atom. The molecule has 1 N–H and O–H groups in total. The minimum atomic E-state index is -0.295. The van der Waals surface area contributed by atoms with E-state index in [1.165, 1.54) is 0 Å². The van der Waals surface area contributed by atoms with Gasteiger partial charge in [-0.3, -0.25) is 4.79 Å². The number of hydrogen-bond acceptors (Lipinski definition) is 5. The molecule has 0 spiro atoms. The van der Waals surface area contributed by atoms with Gasteiger partial charge in [0.05, 0.1) is 26.0 Å². The highest BCUT2D eigenvalue weighted by Gasteiger charge is 2.07. The quantitative estimate of drug-likeness (QED) is 0.579. The number of carbonyl (C=O) groups is 1. The van der Waals surface area contributed by atoms with Gasteiger partial charge < -0.3 is 14.2 Å². The smallest absolute Gasteiger partial charge is 0.271 e. The van der Waals surface area contributed by atoms with Crippen molar-refractivity contribution in [2.24, 2.45) is 5.10 Å². The fraction of sp³-hybridized carbons (Fsp3) is 0.300. The van der Waals surface area contributed by atoms with Crippen molar-refractivity contribution >= 4 is 12.1 Å². The summed E-state index contributed by atoms with van der Waals surface area (Å²) in [6.45, 7) is 6.39. The standard InChI is InChI=1S/C20H24N2O4/c1-5-25-17-9-7-16(8-10-17)20(23)22-21-13-15-6-11-18(26-14(2)3)19(12-15)24-4/h6-14H,5H2,1-4H3,(H,22,23)/b21-13-. The van der Waals surface area contributed by atoms with Gasteiger partial charge in [-0.2, -0.15) is 5.10 Å². The maximum Gasteiger partial charge on any atom is 0.271 e. The molecule has 0 saturated carbocycles. The summed E-state index contributed by atoms with van der Waals surface area (Å²) in [6, 6.07) is 12.3. The maximum atomic E-state index is 12.1. The third-order valence-corrected chi connectivity index (χ3v) is 3.36. The second-order valence-electron chi connectivity index (χ2n) is 5.73. The van der Waals surface area contributed by atoms with E-state index in [1.807, 2.05) is 32.9 Å². The van der Waals surface area contributed by atoms with E-state index in [2.05, 4.69) is 10.5 Å². The lowest BCUT2D eigenvalue weighted by atomic mass is 10.2. The molecule has 0 aliphatic carbocycles. The Kier molecular flexibility index (Phi) is 7.02. The molecule has 0 aliphatic heterocycles. The molecular weight excluding hydrogens is 332 g/mol. The van der Waals surface area contributed by atoms with Crippen molar-refractivity contribution in [3.05, 3.63) is 53.6 Å². The predicted molar refractivity (Wildman–Crippen MR) is 101 cm³/mol. The number of hydrazone groups is 1. The molecule has 2 rings (SSSR count). The maximum absolute atomic E-state index is 12.1. The minimum absolute atomic E-state index is 0.0526. The highest BCUT2D eigenvalue weighted by molar-refractivity contribution is 5.95. The number of methoxy groups -OCH3 is 1. The van der Waals surface area contributed by atoms with Gasteiger partial charge in [-0.15, -0.1) is 0 Å². The molecule has 0 fully saturated rings. The van der Waals surface area contributed by atoms with Crippen LogP contribution in [0.4, 0.5) is 0 Å². The number of benzene rings is 2. The molecule has 0 saturated heterocycles. The molecule has 0 aliphatic rings. The third-order valence-electron chi connectivity index (χ3n) is 3.36. The summed E-state index contributed by atoms with van der Waals surface area (Å²) in [6.07, 6.45) is 1.60. The van der Waals surface area contributed by atoms with Gasteiger partial charge in [0.15, 0.2) is 11.5 Å².